The number of amides is 1. The number of aryl methyl sites for hydroxylation is 2. The fourth-order valence-electron chi connectivity index (χ4n) is 2.99. The van der Waals surface area contributed by atoms with E-state index in [1.807, 2.05) is 38.1 Å². The summed E-state index contributed by atoms with van der Waals surface area (Å²) in [7, 11) is -3.57. The molecule has 2 aromatic rings. The summed E-state index contributed by atoms with van der Waals surface area (Å²) in [4.78, 5) is 14.3. The fraction of sp³-hybridized carbons (Fsp3) is 0.316. The average molecular weight is 358 g/mol. The molecule has 0 saturated carbocycles. The molecule has 0 spiro atoms. The zero-order valence-electron chi connectivity index (χ0n) is 14.4. The van der Waals surface area contributed by atoms with Gasteiger partial charge in [-0.2, -0.15) is 0 Å². The first-order valence-corrected chi connectivity index (χ1v) is 9.93. The normalized spacial score (nSPS) is 17.9. The van der Waals surface area contributed by atoms with Crippen LogP contribution >= 0.6 is 0 Å². The standard InChI is InChI=1S/C19H22N2O3S/c1-14-8-9-17(12-15(14)2)21-11-10-18(19(21)22)20-25(23,24)13-16-6-4-3-5-7-16/h3-9,12,18,20H,10-11,13H2,1-2H3. The van der Waals surface area contributed by atoms with Gasteiger partial charge in [-0.1, -0.05) is 36.4 Å². The molecule has 1 saturated heterocycles. The topological polar surface area (TPSA) is 66.5 Å². The summed E-state index contributed by atoms with van der Waals surface area (Å²) in [6.45, 7) is 4.53. The lowest BCUT2D eigenvalue weighted by molar-refractivity contribution is -0.118. The molecule has 3 rings (SSSR count). The van der Waals surface area contributed by atoms with E-state index in [-0.39, 0.29) is 11.7 Å². The molecule has 0 aromatic heterocycles. The van der Waals surface area contributed by atoms with Gasteiger partial charge < -0.3 is 4.90 Å². The molecule has 1 heterocycles. The Morgan fingerprint density at radius 2 is 1.80 bits per heavy atom. The number of hydrogen-bond acceptors (Lipinski definition) is 3. The predicted molar refractivity (Wildman–Crippen MR) is 98.9 cm³/mol. The Bertz CT molecular complexity index is 879. The van der Waals surface area contributed by atoms with Crippen LogP contribution in [0.2, 0.25) is 0 Å². The molecule has 2 aromatic carbocycles. The third kappa shape index (κ3) is 4.08. The Morgan fingerprint density at radius 1 is 1.08 bits per heavy atom. The first-order chi connectivity index (χ1) is 11.9. The number of nitrogens with one attached hydrogen (secondary N) is 1. The van der Waals surface area contributed by atoms with Crippen LogP contribution in [0.1, 0.15) is 23.1 Å². The SMILES string of the molecule is Cc1ccc(N2CCC(NS(=O)(=O)Cc3ccccc3)C2=O)cc1C. The van der Waals surface area contributed by atoms with Crippen LogP contribution < -0.4 is 9.62 Å². The second-order valence-electron chi connectivity index (χ2n) is 6.46. The predicted octanol–water partition coefficient (Wildman–Crippen LogP) is 2.53. The summed E-state index contributed by atoms with van der Waals surface area (Å²) in [6, 6.07) is 14.1. The van der Waals surface area contributed by atoms with Crippen molar-refractivity contribution in [3.05, 3.63) is 65.2 Å². The quantitative estimate of drug-likeness (QED) is 0.893. The third-order valence-electron chi connectivity index (χ3n) is 4.53. The maximum atomic E-state index is 12.6. The maximum Gasteiger partial charge on any atom is 0.245 e. The largest absolute Gasteiger partial charge is 0.311 e. The summed E-state index contributed by atoms with van der Waals surface area (Å²) >= 11 is 0. The first-order valence-electron chi connectivity index (χ1n) is 8.28. The molecule has 25 heavy (non-hydrogen) atoms. The molecule has 1 atom stereocenters. The smallest absolute Gasteiger partial charge is 0.245 e. The monoisotopic (exact) mass is 358 g/mol. The van der Waals surface area contributed by atoms with Crippen LogP contribution in [0.3, 0.4) is 0 Å². The van der Waals surface area contributed by atoms with Gasteiger partial charge in [-0.3, -0.25) is 4.79 Å². The van der Waals surface area contributed by atoms with E-state index in [9.17, 15) is 13.2 Å². The van der Waals surface area contributed by atoms with Gasteiger partial charge in [-0.15, -0.1) is 0 Å². The highest BCUT2D eigenvalue weighted by atomic mass is 32.2. The number of anilines is 1. The Kier molecular flexibility index (Phi) is 4.92. The van der Waals surface area contributed by atoms with Crippen LogP contribution in [-0.2, 0) is 20.6 Å². The Labute approximate surface area is 148 Å². The Balaban J connectivity index is 1.70. The number of hydrogen-bond donors (Lipinski definition) is 1. The van der Waals surface area contributed by atoms with Crippen molar-refractivity contribution in [3.63, 3.8) is 0 Å². The molecular formula is C19H22N2O3S. The van der Waals surface area contributed by atoms with Gasteiger partial charge in [0.05, 0.1) is 5.75 Å². The Morgan fingerprint density at radius 3 is 2.48 bits per heavy atom. The van der Waals surface area contributed by atoms with E-state index in [4.69, 9.17) is 0 Å². The zero-order valence-corrected chi connectivity index (χ0v) is 15.2. The summed E-state index contributed by atoms with van der Waals surface area (Å²) in [6.07, 6.45) is 0.472. The second-order valence-corrected chi connectivity index (χ2v) is 8.22. The number of nitrogens with zero attached hydrogens (tertiary/aromatic N) is 1. The molecule has 1 aliphatic heterocycles. The lowest BCUT2D eigenvalue weighted by atomic mass is 10.1. The second kappa shape index (κ2) is 6.98. The van der Waals surface area contributed by atoms with Gasteiger partial charge in [0.15, 0.2) is 0 Å². The lowest BCUT2D eigenvalue weighted by Crippen LogP contribution is -2.42. The summed E-state index contributed by atoms with van der Waals surface area (Å²) in [5, 5.41) is 0. The lowest BCUT2D eigenvalue weighted by Gasteiger charge is -2.18. The highest BCUT2D eigenvalue weighted by Gasteiger charge is 2.35. The van der Waals surface area contributed by atoms with Crippen molar-refractivity contribution in [2.45, 2.75) is 32.1 Å². The van der Waals surface area contributed by atoms with Crippen LogP contribution in [0.15, 0.2) is 48.5 Å². The van der Waals surface area contributed by atoms with Crippen molar-refractivity contribution in [3.8, 4) is 0 Å². The van der Waals surface area contributed by atoms with E-state index in [2.05, 4.69) is 4.72 Å². The van der Waals surface area contributed by atoms with E-state index < -0.39 is 16.1 Å². The molecular weight excluding hydrogens is 336 g/mol. The third-order valence-corrected chi connectivity index (χ3v) is 5.89. The summed E-state index contributed by atoms with van der Waals surface area (Å²) in [5.74, 6) is -0.318. The molecule has 0 bridgehead atoms. The van der Waals surface area contributed by atoms with Crippen molar-refractivity contribution >= 4 is 21.6 Å². The number of benzene rings is 2. The highest BCUT2D eigenvalue weighted by molar-refractivity contribution is 7.88. The van der Waals surface area contributed by atoms with Crippen LogP contribution in [-0.4, -0.2) is 26.9 Å². The molecule has 0 aliphatic carbocycles. The van der Waals surface area contributed by atoms with Crippen molar-refractivity contribution < 1.29 is 13.2 Å². The summed E-state index contributed by atoms with van der Waals surface area (Å²) < 4.78 is 27.3. The van der Waals surface area contributed by atoms with E-state index >= 15 is 0 Å². The van der Waals surface area contributed by atoms with Crippen molar-refractivity contribution in [2.75, 3.05) is 11.4 Å². The minimum absolute atomic E-state index is 0.124. The van der Waals surface area contributed by atoms with E-state index in [0.29, 0.717) is 18.5 Å². The van der Waals surface area contributed by atoms with Gasteiger partial charge in [0, 0.05) is 12.2 Å². The molecule has 1 amide bonds. The fourth-order valence-corrected chi connectivity index (χ4v) is 4.36. The molecule has 1 aliphatic rings. The number of carbonyl (C=O) groups excluding carboxylic acids is 1. The minimum Gasteiger partial charge on any atom is -0.311 e. The van der Waals surface area contributed by atoms with Gasteiger partial charge in [-0.05, 0) is 49.1 Å². The van der Waals surface area contributed by atoms with E-state index in [0.717, 1.165) is 16.8 Å². The highest BCUT2D eigenvalue weighted by Crippen LogP contribution is 2.24. The first kappa shape index (κ1) is 17.6. The van der Waals surface area contributed by atoms with Crippen LogP contribution in [0.25, 0.3) is 0 Å². The zero-order chi connectivity index (χ0) is 18.0. The van der Waals surface area contributed by atoms with Gasteiger partial charge in [0.2, 0.25) is 15.9 Å². The van der Waals surface area contributed by atoms with Crippen LogP contribution in [0.4, 0.5) is 5.69 Å². The van der Waals surface area contributed by atoms with Gasteiger partial charge in [0.25, 0.3) is 0 Å². The molecule has 1 N–H and O–H groups in total. The molecule has 1 unspecified atom stereocenters. The van der Waals surface area contributed by atoms with E-state index in [1.54, 1.807) is 29.2 Å². The van der Waals surface area contributed by atoms with Gasteiger partial charge >= 0.3 is 0 Å². The van der Waals surface area contributed by atoms with Crippen LogP contribution in [0, 0.1) is 13.8 Å². The maximum absolute atomic E-state index is 12.6. The average Bonchev–Trinajstić information content (AvgIpc) is 2.91. The molecule has 1 fully saturated rings. The van der Waals surface area contributed by atoms with Crippen molar-refractivity contribution in [1.82, 2.24) is 4.72 Å². The van der Waals surface area contributed by atoms with Crippen molar-refractivity contribution in [1.29, 1.82) is 0 Å². The van der Waals surface area contributed by atoms with Crippen LogP contribution in [0.5, 0.6) is 0 Å². The molecule has 0 radical (unpaired) electrons. The molecule has 5 nitrogen and oxygen atoms in total. The minimum atomic E-state index is -3.57. The van der Waals surface area contributed by atoms with Crippen molar-refractivity contribution in [2.24, 2.45) is 0 Å². The molecule has 6 heteroatoms. The van der Waals surface area contributed by atoms with Gasteiger partial charge in [-0.25, -0.2) is 13.1 Å². The number of sulfonamides is 1. The van der Waals surface area contributed by atoms with E-state index in [1.165, 1.54) is 0 Å². The Hall–Kier alpha value is -2.18. The number of carbonyl (C=O) groups is 1. The number of rotatable bonds is 5. The summed E-state index contributed by atoms with van der Waals surface area (Å²) in [5.41, 5.74) is 3.79. The van der Waals surface area contributed by atoms with Gasteiger partial charge in [0.1, 0.15) is 6.04 Å². The molecule has 132 valence electrons.